The van der Waals surface area contributed by atoms with Crippen LogP contribution in [0.25, 0.3) is 0 Å². The van der Waals surface area contributed by atoms with Crippen LogP contribution in [-0.4, -0.2) is 75.1 Å². The highest BCUT2D eigenvalue weighted by Crippen LogP contribution is 2.25. The highest BCUT2D eigenvalue weighted by atomic mass is 16.5. The lowest BCUT2D eigenvalue weighted by Crippen LogP contribution is -2.47. The van der Waals surface area contributed by atoms with Gasteiger partial charge >= 0.3 is 0 Å². The zero-order valence-electron chi connectivity index (χ0n) is 19.2. The average molecular weight is 440 g/mol. The average Bonchev–Trinajstić information content (AvgIpc) is 2.86. The van der Waals surface area contributed by atoms with Crippen LogP contribution in [0.5, 0.6) is 11.5 Å². The van der Waals surface area contributed by atoms with Gasteiger partial charge in [0.25, 0.3) is 5.91 Å². The third-order valence-electron chi connectivity index (χ3n) is 5.81. The maximum atomic E-state index is 13.5. The van der Waals surface area contributed by atoms with E-state index in [1.165, 1.54) is 0 Å². The summed E-state index contributed by atoms with van der Waals surface area (Å²) in [7, 11) is 3.12. The predicted octanol–water partition coefficient (Wildman–Crippen LogP) is 2.77. The van der Waals surface area contributed by atoms with Crippen molar-refractivity contribution in [1.82, 2.24) is 15.1 Å². The first kappa shape index (κ1) is 23.6. The molecule has 32 heavy (non-hydrogen) atoms. The Bertz CT molecular complexity index is 875. The summed E-state index contributed by atoms with van der Waals surface area (Å²) in [6.07, 6.45) is 0.300. The first-order valence-electron chi connectivity index (χ1n) is 11.1. The van der Waals surface area contributed by atoms with Gasteiger partial charge in [-0.2, -0.15) is 0 Å². The number of carbonyl (C=O) groups excluding carboxylic acids is 2. The summed E-state index contributed by atoms with van der Waals surface area (Å²) in [6, 6.07) is 15.3. The molecule has 1 fully saturated rings. The molecule has 3 rings (SSSR count). The fourth-order valence-corrected chi connectivity index (χ4v) is 3.91. The summed E-state index contributed by atoms with van der Waals surface area (Å²) in [5.41, 5.74) is 1.64. The first-order chi connectivity index (χ1) is 15.5. The van der Waals surface area contributed by atoms with E-state index in [0.29, 0.717) is 49.7 Å². The van der Waals surface area contributed by atoms with Gasteiger partial charge in [0.05, 0.1) is 14.2 Å². The van der Waals surface area contributed by atoms with Gasteiger partial charge in [-0.3, -0.25) is 9.59 Å². The van der Waals surface area contributed by atoms with Crippen molar-refractivity contribution in [2.75, 3.05) is 53.5 Å². The van der Waals surface area contributed by atoms with Crippen LogP contribution in [0.4, 0.5) is 0 Å². The molecule has 1 atom stereocenters. The zero-order chi connectivity index (χ0) is 22.9. The lowest BCUT2D eigenvalue weighted by molar-refractivity contribution is -0.131. The van der Waals surface area contributed by atoms with Gasteiger partial charge in [-0.25, -0.2) is 0 Å². The Kier molecular flexibility index (Phi) is 8.50. The molecule has 7 nitrogen and oxygen atoms in total. The van der Waals surface area contributed by atoms with Crippen molar-refractivity contribution in [3.63, 3.8) is 0 Å². The van der Waals surface area contributed by atoms with Gasteiger partial charge in [-0.1, -0.05) is 37.3 Å². The number of hydrogen-bond donors (Lipinski definition) is 1. The molecule has 0 spiro atoms. The summed E-state index contributed by atoms with van der Waals surface area (Å²) in [6.45, 7) is 6.00. The molecule has 0 radical (unpaired) electrons. The van der Waals surface area contributed by atoms with Crippen molar-refractivity contribution in [2.24, 2.45) is 0 Å². The number of nitrogens with zero attached hydrogens (tertiary/aromatic N) is 2. The molecule has 172 valence electrons. The standard InChI is InChI=1S/C25H33N3O4/c1-19(20-7-5-4-6-8-20)18-28(12-9-24(29)27-13-10-26-11-14-27)25(30)21-15-22(31-2)17-23(16-21)32-3/h4-8,15-17,19,26H,9-14,18H2,1-3H3. The minimum absolute atomic E-state index is 0.0832. The molecule has 1 saturated heterocycles. The molecule has 0 aromatic heterocycles. The van der Waals surface area contributed by atoms with Crippen LogP contribution in [-0.2, 0) is 4.79 Å². The highest BCUT2D eigenvalue weighted by molar-refractivity contribution is 5.95. The van der Waals surface area contributed by atoms with E-state index in [1.807, 2.05) is 23.1 Å². The minimum atomic E-state index is -0.141. The molecule has 1 heterocycles. The van der Waals surface area contributed by atoms with Crippen molar-refractivity contribution >= 4 is 11.8 Å². The maximum Gasteiger partial charge on any atom is 0.254 e. The second kappa shape index (κ2) is 11.5. The van der Waals surface area contributed by atoms with E-state index >= 15 is 0 Å². The van der Waals surface area contributed by atoms with E-state index in [0.717, 1.165) is 18.7 Å². The highest BCUT2D eigenvalue weighted by Gasteiger charge is 2.23. The van der Waals surface area contributed by atoms with Crippen LogP contribution in [0, 0.1) is 0 Å². The van der Waals surface area contributed by atoms with Crippen LogP contribution in [0.2, 0.25) is 0 Å². The summed E-state index contributed by atoms with van der Waals surface area (Å²) < 4.78 is 10.7. The van der Waals surface area contributed by atoms with Gasteiger partial charge in [-0.15, -0.1) is 0 Å². The molecule has 1 N–H and O–H groups in total. The van der Waals surface area contributed by atoms with E-state index in [1.54, 1.807) is 37.3 Å². The van der Waals surface area contributed by atoms with Gasteiger partial charge in [-0.05, 0) is 23.6 Å². The van der Waals surface area contributed by atoms with E-state index < -0.39 is 0 Å². The quantitative estimate of drug-likeness (QED) is 0.651. The molecule has 0 aliphatic carbocycles. The van der Waals surface area contributed by atoms with E-state index in [9.17, 15) is 9.59 Å². The molecule has 2 aromatic rings. The third kappa shape index (κ3) is 6.23. The first-order valence-corrected chi connectivity index (χ1v) is 11.1. The molecule has 2 amide bonds. The van der Waals surface area contributed by atoms with Crippen molar-refractivity contribution in [1.29, 1.82) is 0 Å². The fraction of sp³-hybridized carbons (Fsp3) is 0.440. The smallest absolute Gasteiger partial charge is 0.254 e. The molecule has 0 saturated carbocycles. The summed E-state index contributed by atoms with van der Waals surface area (Å²) in [5, 5.41) is 3.26. The molecule has 7 heteroatoms. The van der Waals surface area contributed by atoms with Crippen molar-refractivity contribution in [3.05, 3.63) is 59.7 Å². The minimum Gasteiger partial charge on any atom is -0.497 e. The number of hydrogen-bond acceptors (Lipinski definition) is 5. The Morgan fingerprint density at radius 1 is 1.03 bits per heavy atom. The monoisotopic (exact) mass is 439 g/mol. The van der Waals surface area contributed by atoms with Crippen molar-refractivity contribution in [3.8, 4) is 11.5 Å². The van der Waals surface area contributed by atoms with Crippen LogP contribution in [0.15, 0.2) is 48.5 Å². The topological polar surface area (TPSA) is 71.1 Å². The van der Waals surface area contributed by atoms with Crippen LogP contribution in [0.3, 0.4) is 0 Å². The maximum absolute atomic E-state index is 13.5. The number of nitrogens with one attached hydrogen (secondary N) is 1. The molecular formula is C25H33N3O4. The Hall–Kier alpha value is -3.06. The van der Waals surface area contributed by atoms with Crippen LogP contribution in [0.1, 0.15) is 35.2 Å². The van der Waals surface area contributed by atoms with Crippen LogP contribution >= 0.6 is 0 Å². The van der Waals surface area contributed by atoms with Gasteiger partial charge in [0.2, 0.25) is 5.91 Å². The van der Waals surface area contributed by atoms with Gasteiger partial charge in [0.1, 0.15) is 11.5 Å². The normalized spacial score (nSPS) is 14.5. The Balaban J connectivity index is 1.78. The fourth-order valence-electron chi connectivity index (χ4n) is 3.91. The van der Waals surface area contributed by atoms with Gasteiger partial charge in [0, 0.05) is 57.3 Å². The number of amides is 2. The predicted molar refractivity (Wildman–Crippen MR) is 124 cm³/mol. The summed E-state index contributed by atoms with van der Waals surface area (Å²) in [5.74, 6) is 1.18. The number of ether oxygens (including phenoxy) is 2. The Morgan fingerprint density at radius 2 is 1.66 bits per heavy atom. The zero-order valence-corrected chi connectivity index (χ0v) is 19.2. The van der Waals surface area contributed by atoms with Gasteiger partial charge in [0.15, 0.2) is 0 Å². The number of carbonyl (C=O) groups is 2. The lowest BCUT2D eigenvalue weighted by Gasteiger charge is -2.30. The SMILES string of the molecule is COc1cc(OC)cc(C(=O)N(CCC(=O)N2CCNCC2)CC(C)c2ccccc2)c1. The number of rotatable bonds is 9. The van der Waals surface area contributed by atoms with Crippen molar-refractivity contribution < 1.29 is 19.1 Å². The van der Waals surface area contributed by atoms with Crippen molar-refractivity contribution in [2.45, 2.75) is 19.3 Å². The largest absolute Gasteiger partial charge is 0.497 e. The molecule has 2 aromatic carbocycles. The molecule has 1 aliphatic heterocycles. The molecule has 1 aliphatic rings. The lowest BCUT2D eigenvalue weighted by atomic mass is 10.00. The summed E-state index contributed by atoms with van der Waals surface area (Å²) in [4.78, 5) is 29.9. The van der Waals surface area contributed by atoms with E-state index in [4.69, 9.17) is 9.47 Å². The Labute approximate surface area is 190 Å². The number of benzene rings is 2. The second-order valence-electron chi connectivity index (χ2n) is 8.05. The third-order valence-corrected chi connectivity index (χ3v) is 5.81. The molecule has 1 unspecified atom stereocenters. The Morgan fingerprint density at radius 3 is 2.25 bits per heavy atom. The number of piperazine rings is 1. The number of methoxy groups -OCH3 is 2. The second-order valence-corrected chi connectivity index (χ2v) is 8.05. The molecular weight excluding hydrogens is 406 g/mol. The summed E-state index contributed by atoms with van der Waals surface area (Å²) >= 11 is 0. The van der Waals surface area contributed by atoms with Crippen LogP contribution < -0.4 is 14.8 Å². The van der Waals surface area contributed by atoms with E-state index in [-0.39, 0.29) is 17.7 Å². The van der Waals surface area contributed by atoms with E-state index in [2.05, 4.69) is 24.4 Å². The molecule has 0 bridgehead atoms. The van der Waals surface area contributed by atoms with Gasteiger partial charge < -0.3 is 24.6 Å².